The van der Waals surface area contributed by atoms with Crippen LogP contribution in [0, 0.1) is 0 Å². The van der Waals surface area contributed by atoms with Crippen molar-refractivity contribution in [3.63, 3.8) is 0 Å². The first-order valence-electron chi connectivity index (χ1n) is 9.83. The summed E-state index contributed by atoms with van der Waals surface area (Å²) in [5, 5.41) is 0. The zero-order valence-corrected chi connectivity index (χ0v) is 18.0. The van der Waals surface area contributed by atoms with Crippen LogP contribution in [0.5, 0.6) is 0 Å². The molecule has 0 radical (unpaired) electrons. The third kappa shape index (κ3) is 18.8. The van der Waals surface area contributed by atoms with Gasteiger partial charge in [-0.3, -0.25) is 0 Å². The molecular weight excluding hydrogens is 352 g/mol. The van der Waals surface area contributed by atoms with Gasteiger partial charge in [0.05, 0.1) is 64.1 Å². The van der Waals surface area contributed by atoms with E-state index < -0.39 is 0 Å². The highest BCUT2D eigenvalue weighted by Gasteiger charge is 2.10. The Morgan fingerprint density at radius 2 is 0.778 bits per heavy atom. The number of hydrogen-bond acceptors (Lipinski definition) is 8. The maximum Gasteiger partial charge on any atom is 0.146 e. The highest BCUT2D eigenvalue weighted by Crippen LogP contribution is 2.00. The molecule has 0 rings (SSSR count). The summed E-state index contributed by atoms with van der Waals surface area (Å²) in [6.45, 7) is 14.8. The average molecular weight is 395 g/mol. The fourth-order valence-corrected chi connectivity index (χ4v) is 1.91. The molecular formula is C19H42N2O6. The van der Waals surface area contributed by atoms with E-state index in [2.05, 4.69) is 0 Å². The molecule has 0 spiro atoms. The third-order valence-corrected chi connectivity index (χ3v) is 3.39. The highest BCUT2D eigenvalue weighted by atomic mass is 16.7. The van der Waals surface area contributed by atoms with Crippen molar-refractivity contribution in [3.8, 4) is 0 Å². The summed E-state index contributed by atoms with van der Waals surface area (Å²) in [5.41, 5.74) is 11.3. The van der Waals surface area contributed by atoms with Gasteiger partial charge in [0.15, 0.2) is 0 Å². The van der Waals surface area contributed by atoms with E-state index in [1.54, 1.807) is 0 Å². The summed E-state index contributed by atoms with van der Waals surface area (Å²) in [6.07, 6.45) is -0.0580. The standard InChI is InChI=1S/C19H42N2O6/c1-14(20)7-24-18(5)11-26-16(3)9-22-13-23-10-17(4)27-12-19(6)25-8-15(2)21/h14-19H,7-13,20-21H2,1-6H3. The second-order valence-electron chi connectivity index (χ2n) is 7.39. The van der Waals surface area contributed by atoms with Gasteiger partial charge in [0.25, 0.3) is 0 Å². The molecule has 8 nitrogen and oxygen atoms in total. The second kappa shape index (κ2) is 16.6. The lowest BCUT2D eigenvalue weighted by atomic mass is 10.3. The normalized spacial score (nSPS) is 18.7. The van der Waals surface area contributed by atoms with E-state index in [-0.39, 0.29) is 43.3 Å². The summed E-state index contributed by atoms with van der Waals surface area (Å²) >= 11 is 0. The molecule has 0 amide bonds. The maximum absolute atomic E-state index is 5.67. The molecule has 164 valence electrons. The SMILES string of the molecule is CC(N)COC(C)COC(C)COCOCC(C)OCC(C)OCC(C)N. The molecule has 8 heteroatoms. The lowest BCUT2D eigenvalue weighted by molar-refractivity contribution is -0.122. The monoisotopic (exact) mass is 394 g/mol. The minimum atomic E-state index is -0.0356. The molecule has 0 bridgehead atoms. The van der Waals surface area contributed by atoms with Crippen molar-refractivity contribution < 1.29 is 28.4 Å². The van der Waals surface area contributed by atoms with E-state index >= 15 is 0 Å². The number of ether oxygens (including phenoxy) is 6. The Kier molecular flexibility index (Phi) is 16.4. The van der Waals surface area contributed by atoms with Crippen molar-refractivity contribution in [1.82, 2.24) is 0 Å². The molecule has 6 atom stereocenters. The summed E-state index contributed by atoms with van der Waals surface area (Å²) in [5.74, 6) is 0. The van der Waals surface area contributed by atoms with Crippen LogP contribution in [0.3, 0.4) is 0 Å². The Morgan fingerprint density at radius 3 is 1.11 bits per heavy atom. The van der Waals surface area contributed by atoms with Crippen LogP contribution in [-0.2, 0) is 28.4 Å². The molecule has 0 aliphatic carbocycles. The number of nitrogens with two attached hydrogens (primary N) is 2. The zero-order valence-electron chi connectivity index (χ0n) is 18.0. The summed E-state index contributed by atoms with van der Waals surface area (Å²) in [6, 6.07) is 0.0595. The van der Waals surface area contributed by atoms with E-state index in [1.165, 1.54) is 0 Å². The van der Waals surface area contributed by atoms with Gasteiger partial charge in [-0.05, 0) is 41.5 Å². The van der Waals surface area contributed by atoms with Gasteiger partial charge in [0.2, 0.25) is 0 Å². The predicted molar refractivity (Wildman–Crippen MR) is 106 cm³/mol. The van der Waals surface area contributed by atoms with Crippen molar-refractivity contribution in [1.29, 1.82) is 0 Å². The molecule has 0 saturated carbocycles. The first-order valence-corrected chi connectivity index (χ1v) is 9.83. The van der Waals surface area contributed by atoms with Gasteiger partial charge >= 0.3 is 0 Å². The maximum atomic E-state index is 5.67. The largest absolute Gasteiger partial charge is 0.375 e. The lowest BCUT2D eigenvalue weighted by Gasteiger charge is -2.20. The van der Waals surface area contributed by atoms with Gasteiger partial charge in [-0.25, -0.2) is 0 Å². The van der Waals surface area contributed by atoms with Gasteiger partial charge in [0, 0.05) is 12.1 Å². The smallest absolute Gasteiger partial charge is 0.146 e. The van der Waals surface area contributed by atoms with Gasteiger partial charge in [-0.1, -0.05) is 0 Å². The predicted octanol–water partition coefficient (Wildman–Crippen LogP) is 1.29. The van der Waals surface area contributed by atoms with Crippen molar-refractivity contribution >= 4 is 0 Å². The molecule has 6 unspecified atom stereocenters. The summed E-state index contributed by atoms with van der Waals surface area (Å²) < 4.78 is 33.4. The molecule has 0 aromatic carbocycles. The van der Waals surface area contributed by atoms with Crippen molar-refractivity contribution in [2.45, 2.75) is 78.0 Å². The first kappa shape index (κ1) is 26.7. The van der Waals surface area contributed by atoms with Crippen LogP contribution < -0.4 is 11.5 Å². The fraction of sp³-hybridized carbons (Fsp3) is 1.00. The van der Waals surface area contributed by atoms with Crippen LogP contribution in [0.4, 0.5) is 0 Å². The molecule has 27 heavy (non-hydrogen) atoms. The van der Waals surface area contributed by atoms with Gasteiger partial charge in [0.1, 0.15) is 6.79 Å². The van der Waals surface area contributed by atoms with E-state index in [0.717, 1.165) is 0 Å². The van der Waals surface area contributed by atoms with Crippen molar-refractivity contribution in [2.24, 2.45) is 11.5 Å². The first-order chi connectivity index (χ1) is 12.7. The van der Waals surface area contributed by atoms with Crippen LogP contribution in [0.15, 0.2) is 0 Å². The van der Waals surface area contributed by atoms with Gasteiger partial charge in [-0.15, -0.1) is 0 Å². The Labute approximate surface area is 165 Å². The minimum Gasteiger partial charge on any atom is -0.375 e. The van der Waals surface area contributed by atoms with Crippen molar-refractivity contribution in [3.05, 3.63) is 0 Å². The Morgan fingerprint density at radius 1 is 0.481 bits per heavy atom. The molecule has 0 aliphatic rings. The zero-order chi connectivity index (χ0) is 20.7. The van der Waals surface area contributed by atoms with Crippen LogP contribution in [0.1, 0.15) is 41.5 Å². The van der Waals surface area contributed by atoms with E-state index in [9.17, 15) is 0 Å². The van der Waals surface area contributed by atoms with Crippen LogP contribution >= 0.6 is 0 Å². The number of rotatable bonds is 18. The molecule has 4 N–H and O–H groups in total. The van der Waals surface area contributed by atoms with Gasteiger partial charge in [-0.2, -0.15) is 0 Å². The van der Waals surface area contributed by atoms with E-state index in [0.29, 0.717) is 39.6 Å². The molecule has 0 aromatic rings. The third-order valence-electron chi connectivity index (χ3n) is 3.39. The van der Waals surface area contributed by atoms with E-state index in [1.807, 2.05) is 41.5 Å². The Balaban J connectivity index is 3.55. The lowest BCUT2D eigenvalue weighted by Crippen LogP contribution is -2.29. The van der Waals surface area contributed by atoms with Gasteiger partial charge < -0.3 is 39.9 Å². The number of hydrogen-bond donors (Lipinski definition) is 2. The summed E-state index contributed by atoms with van der Waals surface area (Å²) in [7, 11) is 0. The summed E-state index contributed by atoms with van der Waals surface area (Å²) in [4.78, 5) is 0. The molecule has 0 saturated heterocycles. The Hall–Kier alpha value is -0.320. The fourth-order valence-electron chi connectivity index (χ4n) is 1.91. The topological polar surface area (TPSA) is 107 Å². The van der Waals surface area contributed by atoms with Crippen LogP contribution in [0.2, 0.25) is 0 Å². The molecule has 0 fully saturated rings. The second-order valence-corrected chi connectivity index (χ2v) is 7.39. The van der Waals surface area contributed by atoms with E-state index in [4.69, 9.17) is 39.9 Å². The molecule has 0 aromatic heterocycles. The van der Waals surface area contributed by atoms with Crippen LogP contribution in [-0.4, -0.2) is 82.9 Å². The average Bonchev–Trinajstić information content (AvgIpc) is 2.60. The molecule has 0 aliphatic heterocycles. The van der Waals surface area contributed by atoms with Crippen molar-refractivity contribution in [2.75, 3.05) is 46.4 Å². The quantitative estimate of drug-likeness (QED) is 0.264. The Bertz CT molecular complexity index is 303. The van der Waals surface area contributed by atoms with Crippen LogP contribution in [0.25, 0.3) is 0 Å². The highest BCUT2D eigenvalue weighted by molar-refractivity contribution is 4.57. The molecule has 0 heterocycles. The minimum absolute atomic E-state index is 0.00661.